The van der Waals surface area contributed by atoms with Gasteiger partial charge in [-0.25, -0.2) is 19.1 Å². The Kier molecular flexibility index (Phi) is 7.81. The van der Waals surface area contributed by atoms with E-state index in [-0.39, 0.29) is 12.3 Å². The first-order chi connectivity index (χ1) is 17.8. The van der Waals surface area contributed by atoms with Crippen LogP contribution in [0.2, 0.25) is 10.0 Å². The summed E-state index contributed by atoms with van der Waals surface area (Å²) in [6.45, 7) is 12.7. The largest absolute Gasteiger partial charge is 0.461 e. The number of piperidine rings is 1. The standard InChI is InChI=1S/C27H33Cl2N5O4/c1-7-37-24(35)19-15-20-23(33-13-11-27(6,12-14-33)31-25(36)38-26(3,4)5)30-16(2)22(34(20)32-19)17-9-8-10-18(28)21(17)29/h8-10,15H,7,11-14H2,1-6H3,(H,31,36). The molecule has 1 aromatic carbocycles. The summed E-state index contributed by atoms with van der Waals surface area (Å²) in [5, 5.41) is 8.42. The van der Waals surface area contributed by atoms with Crippen LogP contribution in [-0.2, 0) is 9.47 Å². The third kappa shape index (κ3) is 5.83. The van der Waals surface area contributed by atoms with Gasteiger partial charge in [0.1, 0.15) is 11.1 Å². The molecule has 38 heavy (non-hydrogen) atoms. The second-order valence-electron chi connectivity index (χ2n) is 10.7. The zero-order valence-electron chi connectivity index (χ0n) is 22.5. The number of nitrogens with one attached hydrogen (secondary N) is 1. The fourth-order valence-corrected chi connectivity index (χ4v) is 4.94. The van der Waals surface area contributed by atoms with Crippen LogP contribution in [0.3, 0.4) is 0 Å². The number of fused-ring (bicyclic) bond motifs is 1. The van der Waals surface area contributed by atoms with E-state index >= 15 is 0 Å². The van der Waals surface area contributed by atoms with Crippen molar-refractivity contribution in [3.63, 3.8) is 0 Å². The van der Waals surface area contributed by atoms with Crippen molar-refractivity contribution in [3.8, 4) is 11.3 Å². The Morgan fingerprint density at radius 3 is 2.50 bits per heavy atom. The third-order valence-electron chi connectivity index (χ3n) is 6.43. The van der Waals surface area contributed by atoms with Crippen molar-refractivity contribution in [2.45, 2.75) is 65.5 Å². The molecule has 0 aliphatic carbocycles. The summed E-state index contributed by atoms with van der Waals surface area (Å²) < 4.78 is 12.4. The van der Waals surface area contributed by atoms with Crippen LogP contribution in [0.4, 0.5) is 10.6 Å². The Morgan fingerprint density at radius 1 is 1.18 bits per heavy atom. The number of nitrogens with zero attached hydrogens (tertiary/aromatic N) is 4. The molecule has 3 aromatic rings. The van der Waals surface area contributed by atoms with Gasteiger partial charge in [0, 0.05) is 30.3 Å². The number of halogens is 2. The van der Waals surface area contributed by atoms with Gasteiger partial charge in [-0.15, -0.1) is 0 Å². The van der Waals surface area contributed by atoms with E-state index in [2.05, 4.69) is 15.3 Å². The molecule has 0 unspecified atom stereocenters. The quantitative estimate of drug-likeness (QED) is 0.377. The van der Waals surface area contributed by atoms with Gasteiger partial charge < -0.3 is 19.7 Å². The van der Waals surface area contributed by atoms with Crippen molar-refractivity contribution < 1.29 is 19.1 Å². The molecule has 1 amide bonds. The summed E-state index contributed by atoms with van der Waals surface area (Å²) in [6, 6.07) is 7.05. The van der Waals surface area contributed by atoms with E-state index in [0.29, 0.717) is 64.3 Å². The zero-order chi connectivity index (χ0) is 27.8. The molecule has 4 rings (SSSR count). The average molecular weight is 562 g/mol. The van der Waals surface area contributed by atoms with Gasteiger partial charge in [-0.3, -0.25) is 0 Å². The maximum atomic E-state index is 12.6. The summed E-state index contributed by atoms with van der Waals surface area (Å²) in [7, 11) is 0. The highest BCUT2D eigenvalue weighted by Gasteiger charge is 2.35. The molecule has 0 radical (unpaired) electrons. The fourth-order valence-electron chi connectivity index (χ4n) is 4.55. The van der Waals surface area contributed by atoms with E-state index in [4.69, 9.17) is 37.7 Å². The highest BCUT2D eigenvalue weighted by molar-refractivity contribution is 6.43. The van der Waals surface area contributed by atoms with Crippen LogP contribution in [-0.4, -0.2) is 57.5 Å². The number of aryl methyl sites for hydroxylation is 1. The topological polar surface area (TPSA) is 98.1 Å². The summed E-state index contributed by atoms with van der Waals surface area (Å²) in [5.41, 5.74) is 1.80. The van der Waals surface area contributed by atoms with Crippen LogP contribution in [0.25, 0.3) is 16.8 Å². The van der Waals surface area contributed by atoms with Gasteiger partial charge in [-0.1, -0.05) is 35.3 Å². The van der Waals surface area contributed by atoms with E-state index in [1.54, 1.807) is 23.6 Å². The van der Waals surface area contributed by atoms with Gasteiger partial charge in [0.15, 0.2) is 11.5 Å². The van der Waals surface area contributed by atoms with Crippen molar-refractivity contribution in [2.24, 2.45) is 0 Å². The lowest BCUT2D eigenvalue weighted by atomic mass is 9.89. The van der Waals surface area contributed by atoms with Crippen molar-refractivity contribution in [2.75, 3.05) is 24.6 Å². The van der Waals surface area contributed by atoms with Gasteiger partial charge in [0.2, 0.25) is 0 Å². The Bertz CT molecular complexity index is 1370. The number of benzene rings is 1. The van der Waals surface area contributed by atoms with Crippen LogP contribution < -0.4 is 10.2 Å². The molecule has 1 N–H and O–H groups in total. The van der Waals surface area contributed by atoms with E-state index in [1.807, 2.05) is 46.8 Å². The molecule has 1 saturated heterocycles. The van der Waals surface area contributed by atoms with Gasteiger partial charge >= 0.3 is 12.1 Å². The predicted molar refractivity (Wildman–Crippen MR) is 148 cm³/mol. The summed E-state index contributed by atoms with van der Waals surface area (Å²) >= 11 is 12.9. The SMILES string of the molecule is CCOC(=O)c1cc2c(N3CCC(C)(NC(=O)OC(C)(C)C)CC3)nc(C)c(-c3cccc(Cl)c3Cl)n2n1. The van der Waals surface area contributed by atoms with Crippen LogP contribution in [0.15, 0.2) is 24.3 Å². The minimum atomic E-state index is -0.569. The lowest BCUT2D eigenvalue weighted by molar-refractivity contribution is 0.0446. The molecule has 11 heteroatoms. The first-order valence-corrected chi connectivity index (χ1v) is 13.4. The van der Waals surface area contributed by atoms with Crippen molar-refractivity contribution >= 4 is 46.6 Å². The number of anilines is 1. The molecule has 9 nitrogen and oxygen atoms in total. The lowest BCUT2D eigenvalue weighted by Crippen LogP contribution is -2.54. The molecule has 0 saturated carbocycles. The van der Waals surface area contributed by atoms with E-state index in [0.717, 1.165) is 0 Å². The Balaban J connectivity index is 1.71. The van der Waals surface area contributed by atoms with Gasteiger partial charge in [-0.05, 0) is 60.5 Å². The molecule has 2 aromatic heterocycles. The Hall–Kier alpha value is -3.04. The monoisotopic (exact) mass is 561 g/mol. The maximum absolute atomic E-state index is 12.6. The predicted octanol–water partition coefficient (Wildman–Crippen LogP) is 6.07. The van der Waals surface area contributed by atoms with Gasteiger partial charge in [0.25, 0.3) is 0 Å². The van der Waals surface area contributed by atoms with Crippen molar-refractivity contribution in [3.05, 3.63) is 45.7 Å². The van der Waals surface area contributed by atoms with E-state index in [1.165, 1.54) is 0 Å². The summed E-state index contributed by atoms with van der Waals surface area (Å²) in [5.74, 6) is 0.169. The number of aromatic nitrogens is 3. The third-order valence-corrected chi connectivity index (χ3v) is 7.25. The summed E-state index contributed by atoms with van der Waals surface area (Å²) in [4.78, 5) is 32.1. The minimum Gasteiger partial charge on any atom is -0.461 e. The number of carbonyl (C=O) groups excluding carboxylic acids is 2. The molecule has 3 heterocycles. The normalized spacial score (nSPS) is 15.4. The van der Waals surface area contributed by atoms with Crippen LogP contribution in [0.5, 0.6) is 0 Å². The lowest BCUT2D eigenvalue weighted by Gasteiger charge is -2.40. The molecule has 0 bridgehead atoms. The van der Waals surface area contributed by atoms with Crippen molar-refractivity contribution in [1.29, 1.82) is 0 Å². The van der Waals surface area contributed by atoms with Gasteiger partial charge in [0.05, 0.1) is 28.0 Å². The first kappa shape index (κ1) is 28.0. The number of hydrogen-bond donors (Lipinski definition) is 1. The molecule has 204 valence electrons. The number of rotatable bonds is 5. The molecule has 1 fully saturated rings. The smallest absolute Gasteiger partial charge is 0.408 e. The Labute approximate surface area is 232 Å². The zero-order valence-corrected chi connectivity index (χ0v) is 24.0. The number of ether oxygens (including phenoxy) is 2. The maximum Gasteiger partial charge on any atom is 0.408 e. The number of carbonyl (C=O) groups is 2. The number of alkyl carbamates (subject to hydrolysis) is 1. The second-order valence-corrected chi connectivity index (χ2v) is 11.5. The molecular formula is C27H33Cl2N5O4. The highest BCUT2D eigenvalue weighted by atomic mass is 35.5. The highest BCUT2D eigenvalue weighted by Crippen LogP contribution is 2.37. The molecule has 0 spiro atoms. The van der Waals surface area contributed by atoms with Crippen LogP contribution in [0.1, 0.15) is 63.6 Å². The molecule has 0 atom stereocenters. The summed E-state index contributed by atoms with van der Waals surface area (Å²) in [6.07, 6.45) is 0.933. The number of amides is 1. The first-order valence-electron chi connectivity index (χ1n) is 12.6. The molecule has 1 aliphatic rings. The van der Waals surface area contributed by atoms with Crippen LogP contribution >= 0.6 is 23.2 Å². The minimum absolute atomic E-state index is 0.174. The van der Waals surface area contributed by atoms with Crippen LogP contribution in [0, 0.1) is 6.92 Å². The Morgan fingerprint density at radius 2 is 1.87 bits per heavy atom. The second kappa shape index (κ2) is 10.6. The fraction of sp³-hybridized carbons (Fsp3) is 0.481. The number of esters is 1. The average Bonchev–Trinajstić information content (AvgIpc) is 3.25. The molecule has 1 aliphatic heterocycles. The van der Waals surface area contributed by atoms with E-state index in [9.17, 15) is 9.59 Å². The van der Waals surface area contributed by atoms with Gasteiger partial charge in [-0.2, -0.15) is 5.10 Å². The number of hydrogen-bond acceptors (Lipinski definition) is 7. The van der Waals surface area contributed by atoms with E-state index < -0.39 is 23.2 Å². The van der Waals surface area contributed by atoms with Crippen molar-refractivity contribution in [1.82, 2.24) is 19.9 Å². The molecular weight excluding hydrogens is 529 g/mol.